The smallest absolute Gasteiger partial charge is 0.194 e. The molecule has 0 aliphatic heterocycles. The zero-order valence-corrected chi connectivity index (χ0v) is 15.6. The molecule has 0 amide bonds. The van der Waals surface area contributed by atoms with Crippen molar-refractivity contribution in [2.45, 2.75) is 26.2 Å². The number of guanidine groups is 1. The number of rotatable bonds is 9. The van der Waals surface area contributed by atoms with Crippen LogP contribution < -0.4 is 5.32 Å². The van der Waals surface area contributed by atoms with E-state index in [9.17, 15) is 5.11 Å². The van der Waals surface area contributed by atoms with Crippen molar-refractivity contribution < 1.29 is 9.84 Å². The van der Waals surface area contributed by atoms with Gasteiger partial charge in [0.25, 0.3) is 0 Å². The van der Waals surface area contributed by atoms with Gasteiger partial charge in [-0.3, -0.25) is 4.99 Å². The SMILES string of the molecule is CCNC(=NCC(O)COCc1ccccc1)N(C)Cc1ccccc1. The lowest BCUT2D eigenvalue weighted by Gasteiger charge is -2.22. The van der Waals surface area contributed by atoms with Gasteiger partial charge in [0.2, 0.25) is 0 Å². The molecule has 0 bridgehead atoms. The summed E-state index contributed by atoms with van der Waals surface area (Å²) in [6.45, 7) is 4.63. The summed E-state index contributed by atoms with van der Waals surface area (Å²) in [5.41, 5.74) is 2.31. The average Bonchev–Trinajstić information content (AvgIpc) is 2.66. The van der Waals surface area contributed by atoms with Gasteiger partial charge in [-0.25, -0.2) is 0 Å². The summed E-state index contributed by atoms with van der Waals surface area (Å²) in [4.78, 5) is 6.59. The maximum atomic E-state index is 10.1. The summed E-state index contributed by atoms with van der Waals surface area (Å²) in [6.07, 6.45) is -0.627. The maximum absolute atomic E-state index is 10.1. The Bertz CT molecular complexity index is 647. The number of benzene rings is 2. The Morgan fingerprint density at radius 1 is 1.08 bits per heavy atom. The summed E-state index contributed by atoms with van der Waals surface area (Å²) in [6, 6.07) is 20.2. The van der Waals surface area contributed by atoms with Crippen LogP contribution >= 0.6 is 0 Å². The molecule has 5 nitrogen and oxygen atoms in total. The predicted octanol–water partition coefficient (Wildman–Crippen LogP) is 2.66. The van der Waals surface area contributed by atoms with Gasteiger partial charge >= 0.3 is 0 Å². The van der Waals surface area contributed by atoms with Crippen molar-refractivity contribution >= 4 is 5.96 Å². The number of ether oxygens (including phenoxy) is 1. The van der Waals surface area contributed by atoms with E-state index in [-0.39, 0.29) is 6.61 Å². The lowest BCUT2D eigenvalue weighted by atomic mass is 10.2. The monoisotopic (exact) mass is 355 g/mol. The van der Waals surface area contributed by atoms with Crippen molar-refractivity contribution in [2.24, 2.45) is 4.99 Å². The minimum atomic E-state index is -0.627. The molecule has 0 aromatic heterocycles. The van der Waals surface area contributed by atoms with E-state index >= 15 is 0 Å². The van der Waals surface area contributed by atoms with Gasteiger partial charge in [-0.05, 0) is 18.1 Å². The van der Waals surface area contributed by atoms with Gasteiger partial charge in [0, 0.05) is 20.1 Å². The number of nitrogens with zero attached hydrogens (tertiary/aromatic N) is 2. The summed E-state index contributed by atoms with van der Waals surface area (Å²) in [5, 5.41) is 13.4. The molecule has 0 heterocycles. The first-order valence-corrected chi connectivity index (χ1v) is 9.02. The van der Waals surface area contributed by atoms with Crippen LogP contribution in [0.3, 0.4) is 0 Å². The summed E-state index contributed by atoms with van der Waals surface area (Å²) in [7, 11) is 1.99. The largest absolute Gasteiger partial charge is 0.389 e. The average molecular weight is 355 g/mol. The molecule has 0 radical (unpaired) electrons. The minimum Gasteiger partial charge on any atom is -0.389 e. The Morgan fingerprint density at radius 3 is 2.31 bits per heavy atom. The predicted molar refractivity (Wildman–Crippen MR) is 106 cm³/mol. The molecule has 0 aliphatic carbocycles. The van der Waals surface area contributed by atoms with Gasteiger partial charge in [0.15, 0.2) is 5.96 Å². The van der Waals surface area contributed by atoms with E-state index in [4.69, 9.17) is 4.74 Å². The molecule has 1 atom stereocenters. The molecule has 0 saturated heterocycles. The first kappa shape index (κ1) is 19.9. The fourth-order valence-electron chi connectivity index (χ4n) is 2.53. The second-order valence-corrected chi connectivity index (χ2v) is 6.19. The highest BCUT2D eigenvalue weighted by atomic mass is 16.5. The first-order valence-electron chi connectivity index (χ1n) is 9.02. The van der Waals surface area contributed by atoms with E-state index in [0.717, 1.165) is 24.6 Å². The zero-order chi connectivity index (χ0) is 18.6. The van der Waals surface area contributed by atoms with E-state index in [1.165, 1.54) is 5.56 Å². The maximum Gasteiger partial charge on any atom is 0.194 e. The summed E-state index contributed by atoms with van der Waals surface area (Å²) >= 11 is 0. The van der Waals surface area contributed by atoms with Crippen LogP contribution in [-0.2, 0) is 17.9 Å². The number of hydrogen-bond donors (Lipinski definition) is 2. The van der Waals surface area contributed by atoms with Crippen molar-refractivity contribution in [3.05, 3.63) is 71.8 Å². The quantitative estimate of drug-likeness (QED) is 0.536. The fourth-order valence-corrected chi connectivity index (χ4v) is 2.53. The molecule has 0 spiro atoms. The molecule has 0 fully saturated rings. The zero-order valence-electron chi connectivity index (χ0n) is 15.6. The molecule has 26 heavy (non-hydrogen) atoms. The highest BCUT2D eigenvalue weighted by Gasteiger charge is 2.09. The first-order chi connectivity index (χ1) is 12.7. The molecular weight excluding hydrogens is 326 g/mol. The van der Waals surface area contributed by atoms with Crippen LogP contribution in [0.2, 0.25) is 0 Å². The van der Waals surface area contributed by atoms with Crippen LogP contribution in [0.4, 0.5) is 0 Å². The standard InChI is InChI=1S/C21H29N3O2/c1-3-22-21(24(2)15-18-10-6-4-7-11-18)23-14-20(25)17-26-16-19-12-8-5-9-13-19/h4-13,20,25H,3,14-17H2,1-2H3,(H,22,23). The van der Waals surface area contributed by atoms with Crippen LogP contribution in [-0.4, -0.2) is 48.8 Å². The molecule has 1 unspecified atom stereocenters. The third-order valence-corrected chi connectivity index (χ3v) is 3.83. The van der Waals surface area contributed by atoms with Crippen LogP contribution in [0.1, 0.15) is 18.1 Å². The Balaban J connectivity index is 1.80. The summed E-state index contributed by atoms with van der Waals surface area (Å²) < 4.78 is 5.58. The third-order valence-electron chi connectivity index (χ3n) is 3.83. The van der Waals surface area contributed by atoms with Gasteiger partial charge in [0.05, 0.1) is 25.9 Å². The lowest BCUT2D eigenvalue weighted by molar-refractivity contribution is 0.0330. The molecule has 2 rings (SSSR count). The molecule has 2 aromatic carbocycles. The Kier molecular flexibility index (Phi) is 8.66. The van der Waals surface area contributed by atoms with E-state index in [0.29, 0.717) is 13.2 Å². The van der Waals surface area contributed by atoms with Crippen molar-refractivity contribution in [1.82, 2.24) is 10.2 Å². The van der Waals surface area contributed by atoms with Crippen LogP contribution in [0.15, 0.2) is 65.7 Å². The number of aliphatic imine (C=N–C) groups is 1. The van der Waals surface area contributed by atoms with E-state index < -0.39 is 6.10 Å². The second-order valence-electron chi connectivity index (χ2n) is 6.19. The van der Waals surface area contributed by atoms with E-state index in [1.807, 2.05) is 62.5 Å². The lowest BCUT2D eigenvalue weighted by Crippen LogP contribution is -2.39. The van der Waals surface area contributed by atoms with Gasteiger partial charge < -0.3 is 20.1 Å². The number of nitrogens with one attached hydrogen (secondary N) is 1. The Morgan fingerprint density at radius 2 is 1.69 bits per heavy atom. The van der Waals surface area contributed by atoms with Crippen molar-refractivity contribution in [1.29, 1.82) is 0 Å². The van der Waals surface area contributed by atoms with Gasteiger partial charge in [0.1, 0.15) is 0 Å². The molecule has 0 saturated carbocycles. The van der Waals surface area contributed by atoms with E-state index in [2.05, 4.69) is 27.3 Å². The number of aliphatic hydroxyl groups is 1. The van der Waals surface area contributed by atoms with Crippen LogP contribution in [0.25, 0.3) is 0 Å². The number of hydrogen-bond acceptors (Lipinski definition) is 3. The molecular formula is C21H29N3O2. The third kappa shape index (κ3) is 7.25. The van der Waals surface area contributed by atoms with E-state index in [1.54, 1.807) is 0 Å². The highest BCUT2D eigenvalue weighted by Crippen LogP contribution is 2.04. The molecule has 140 valence electrons. The van der Waals surface area contributed by atoms with Crippen molar-refractivity contribution in [2.75, 3.05) is 26.7 Å². The number of aliphatic hydroxyl groups excluding tert-OH is 1. The molecule has 2 N–H and O–H groups in total. The van der Waals surface area contributed by atoms with Crippen LogP contribution in [0, 0.1) is 0 Å². The Hall–Kier alpha value is -2.37. The summed E-state index contributed by atoms with van der Waals surface area (Å²) in [5.74, 6) is 0.776. The molecule has 2 aromatic rings. The Labute approximate surface area is 156 Å². The fraction of sp³-hybridized carbons (Fsp3) is 0.381. The minimum absolute atomic E-state index is 0.264. The normalized spacial score (nSPS) is 12.7. The van der Waals surface area contributed by atoms with Gasteiger partial charge in [-0.1, -0.05) is 60.7 Å². The highest BCUT2D eigenvalue weighted by molar-refractivity contribution is 5.79. The van der Waals surface area contributed by atoms with Crippen molar-refractivity contribution in [3.63, 3.8) is 0 Å². The topological polar surface area (TPSA) is 57.1 Å². The molecule has 0 aliphatic rings. The van der Waals surface area contributed by atoms with Crippen molar-refractivity contribution in [3.8, 4) is 0 Å². The second kappa shape index (κ2) is 11.3. The van der Waals surface area contributed by atoms with Crippen LogP contribution in [0.5, 0.6) is 0 Å². The molecule has 5 heteroatoms. The van der Waals surface area contributed by atoms with Gasteiger partial charge in [-0.2, -0.15) is 0 Å². The van der Waals surface area contributed by atoms with Gasteiger partial charge in [-0.15, -0.1) is 0 Å².